The highest BCUT2D eigenvalue weighted by atomic mass is 19.4. The van der Waals surface area contributed by atoms with Gasteiger partial charge in [-0.15, -0.1) is 0 Å². The van der Waals surface area contributed by atoms with Crippen LogP contribution in [-0.2, 0) is 22.3 Å². The van der Waals surface area contributed by atoms with Crippen LogP contribution in [0.4, 0.5) is 13.2 Å². The molecular weight excluding hydrogens is 509 g/mol. The van der Waals surface area contributed by atoms with Gasteiger partial charge in [0.2, 0.25) is 0 Å². The third-order valence-electron chi connectivity index (χ3n) is 6.68. The Morgan fingerprint density at radius 1 is 1.08 bits per heavy atom. The number of methoxy groups -OCH3 is 1. The molecule has 4 rings (SSSR count). The number of alkyl halides is 3. The molecule has 6 nitrogen and oxygen atoms in total. The molecule has 0 radical (unpaired) electrons. The monoisotopic (exact) mass is 538 g/mol. The number of hydrogen-bond donors (Lipinski definition) is 2. The molecule has 4 aromatic rings. The van der Waals surface area contributed by atoms with Crippen molar-refractivity contribution in [3.8, 4) is 11.1 Å². The number of carbonyl (C=O) groups is 1. The summed E-state index contributed by atoms with van der Waals surface area (Å²) in [6.07, 6.45) is -1.46. The summed E-state index contributed by atoms with van der Waals surface area (Å²) < 4.78 is 51.8. The van der Waals surface area contributed by atoms with Crippen molar-refractivity contribution in [1.82, 2.24) is 10.3 Å². The van der Waals surface area contributed by atoms with E-state index in [9.17, 15) is 23.1 Å². The van der Waals surface area contributed by atoms with Crippen molar-refractivity contribution < 1.29 is 32.2 Å². The maximum atomic E-state index is 13.8. The second-order valence-electron chi connectivity index (χ2n) is 9.52. The van der Waals surface area contributed by atoms with Crippen molar-refractivity contribution in [3.05, 3.63) is 88.3 Å². The fraction of sp³-hybridized carbons (Fsp3) is 0.267. The maximum Gasteiger partial charge on any atom is 0.416 e. The average molecular weight is 539 g/mol. The van der Waals surface area contributed by atoms with E-state index in [0.717, 1.165) is 33.8 Å². The second kappa shape index (κ2) is 11.0. The van der Waals surface area contributed by atoms with E-state index >= 15 is 0 Å². The Kier molecular flexibility index (Phi) is 7.94. The summed E-state index contributed by atoms with van der Waals surface area (Å²) in [5.74, 6) is -0.107. The molecule has 2 N–H and O–H groups in total. The van der Waals surface area contributed by atoms with Crippen LogP contribution in [0.15, 0.2) is 59.0 Å². The van der Waals surface area contributed by atoms with Crippen LogP contribution in [0.2, 0.25) is 0 Å². The number of halogens is 3. The number of esters is 1. The second-order valence-corrected chi connectivity index (χ2v) is 9.52. The fourth-order valence-electron chi connectivity index (χ4n) is 4.37. The smallest absolute Gasteiger partial charge is 0.416 e. The number of aliphatic hydroxyl groups excluding tert-OH is 1. The highest BCUT2D eigenvalue weighted by Crippen LogP contribution is 2.34. The Balaban J connectivity index is 1.66. The van der Waals surface area contributed by atoms with Crippen molar-refractivity contribution in [2.75, 3.05) is 13.7 Å². The zero-order valence-corrected chi connectivity index (χ0v) is 22.0. The molecule has 0 aliphatic rings. The first-order valence-corrected chi connectivity index (χ1v) is 12.2. The van der Waals surface area contributed by atoms with Gasteiger partial charge in [0.25, 0.3) is 0 Å². The minimum absolute atomic E-state index is 0.0195. The van der Waals surface area contributed by atoms with Gasteiger partial charge in [-0.1, -0.05) is 42.5 Å². The number of benzene rings is 3. The predicted molar refractivity (Wildman–Crippen MR) is 144 cm³/mol. The molecule has 0 aliphatic heterocycles. The van der Waals surface area contributed by atoms with Crippen molar-refractivity contribution in [2.45, 2.75) is 39.0 Å². The van der Waals surface area contributed by atoms with Crippen LogP contribution in [-0.4, -0.2) is 35.3 Å². The molecule has 0 saturated heterocycles. The van der Waals surface area contributed by atoms with E-state index in [1.54, 1.807) is 13.0 Å². The molecule has 3 aromatic carbocycles. The molecule has 39 heavy (non-hydrogen) atoms. The lowest BCUT2D eigenvalue weighted by molar-refractivity contribution is -0.149. The first-order valence-electron chi connectivity index (χ1n) is 12.2. The largest absolute Gasteiger partial charge is 0.468 e. The van der Waals surface area contributed by atoms with E-state index in [1.807, 2.05) is 43.3 Å². The standard InChI is InChI=1S/C30H29F3N2O4/c1-18-21(6-5-7-24(18)22-11-13-26-27(15-22)39-19(2)35-26)9-10-23-14-20(8-12-25(23)30(31,32)33)16-34-29(3,17-36)28(37)38-4/h5-15,34,36H,16-17H2,1-4H3/b10-9+/t29-/m0/s1. The number of hydrogen-bond acceptors (Lipinski definition) is 6. The lowest BCUT2D eigenvalue weighted by Crippen LogP contribution is -2.52. The summed E-state index contributed by atoms with van der Waals surface area (Å²) in [6, 6.07) is 15.1. The number of ether oxygens (including phenoxy) is 1. The number of rotatable bonds is 8. The van der Waals surface area contributed by atoms with Crippen molar-refractivity contribution in [1.29, 1.82) is 0 Å². The normalized spacial score (nSPS) is 13.6. The van der Waals surface area contributed by atoms with Gasteiger partial charge >= 0.3 is 12.1 Å². The maximum absolute atomic E-state index is 13.8. The van der Waals surface area contributed by atoms with Crippen LogP contribution in [0.1, 0.15) is 40.6 Å². The van der Waals surface area contributed by atoms with Gasteiger partial charge in [0.15, 0.2) is 11.5 Å². The number of nitrogens with zero attached hydrogens (tertiary/aromatic N) is 1. The number of oxazole rings is 1. The van der Waals surface area contributed by atoms with Crippen LogP contribution < -0.4 is 5.32 Å². The molecule has 1 heterocycles. The first kappa shape index (κ1) is 28.1. The molecule has 0 unspecified atom stereocenters. The number of aliphatic hydroxyl groups is 1. The van der Waals surface area contributed by atoms with Crippen LogP contribution >= 0.6 is 0 Å². The molecule has 0 amide bonds. The van der Waals surface area contributed by atoms with Gasteiger partial charge in [-0.05, 0) is 71.5 Å². The van der Waals surface area contributed by atoms with E-state index in [4.69, 9.17) is 9.15 Å². The summed E-state index contributed by atoms with van der Waals surface area (Å²) >= 11 is 0. The molecule has 0 fully saturated rings. The highest BCUT2D eigenvalue weighted by molar-refractivity contribution is 5.84. The third-order valence-corrected chi connectivity index (χ3v) is 6.68. The molecule has 1 atom stereocenters. The lowest BCUT2D eigenvalue weighted by atomic mass is 9.95. The fourth-order valence-corrected chi connectivity index (χ4v) is 4.37. The topological polar surface area (TPSA) is 84.6 Å². The Morgan fingerprint density at radius 2 is 1.82 bits per heavy atom. The third kappa shape index (κ3) is 6.05. The molecule has 0 saturated carbocycles. The summed E-state index contributed by atoms with van der Waals surface area (Å²) in [5.41, 5.74) is 3.23. The van der Waals surface area contributed by atoms with Crippen molar-refractivity contribution >= 4 is 29.2 Å². The predicted octanol–water partition coefficient (Wildman–Crippen LogP) is 6.31. The van der Waals surface area contributed by atoms with E-state index in [2.05, 4.69) is 10.3 Å². The zero-order chi connectivity index (χ0) is 28.4. The average Bonchev–Trinajstić information content (AvgIpc) is 3.29. The van der Waals surface area contributed by atoms with Gasteiger partial charge in [0.1, 0.15) is 11.1 Å². The van der Waals surface area contributed by atoms with Crippen LogP contribution in [0, 0.1) is 13.8 Å². The quantitative estimate of drug-likeness (QED) is 0.202. The lowest BCUT2D eigenvalue weighted by Gasteiger charge is -2.26. The SMILES string of the molecule is COC(=O)[C@](C)(CO)NCc1ccc(C(F)(F)F)c(/C=C/c2cccc(-c3ccc4nc(C)oc4c3)c2C)c1. The van der Waals surface area contributed by atoms with Crippen molar-refractivity contribution in [2.24, 2.45) is 0 Å². The highest BCUT2D eigenvalue weighted by Gasteiger charge is 2.34. The Hall–Kier alpha value is -3.95. The zero-order valence-electron chi connectivity index (χ0n) is 22.0. The summed E-state index contributed by atoms with van der Waals surface area (Å²) in [4.78, 5) is 16.3. The number of fused-ring (bicyclic) bond motifs is 1. The van der Waals surface area contributed by atoms with E-state index in [0.29, 0.717) is 17.0 Å². The summed E-state index contributed by atoms with van der Waals surface area (Å²) in [6.45, 7) is 4.66. The van der Waals surface area contributed by atoms with Gasteiger partial charge in [-0.25, -0.2) is 9.78 Å². The molecular formula is C30H29F3N2O4. The molecule has 0 aliphatic carbocycles. The minimum Gasteiger partial charge on any atom is -0.468 e. The molecule has 204 valence electrons. The Bertz CT molecular complexity index is 1540. The Morgan fingerprint density at radius 3 is 2.51 bits per heavy atom. The summed E-state index contributed by atoms with van der Waals surface area (Å²) in [5, 5.41) is 12.5. The Labute approximate surface area is 224 Å². The molecule has 0 spiro atoms. The van der Waals surface area contributed by atoms with Gasteiger partial charge in [-0.3, -0.25) is 5.32 Å². The number of nitrogens with one attached hydrogen (secondary N) is 1. The molecule has 9 heteroatoms. The minimum atomic E-state index is -4.56. The number of aryl methyl sites for hydroxylation is 1. The van der Waals surface area contributed by atoms with E-state index < -0.39 is 29.9 Å². The van der Waals surface area contributed by atoms with E-state index in [1.165, 1.54) is 32.2 Å². The summed E-state index contributed by atoms with van der Waals surface area (Å²) in [7, 11) is 1.20. The van der Waals surface area contributed by atoms with Gasteiger partial charge in [-0.2, -0.15) is 13.2 Å². The van der Waals surface area contributed by atoms with Gasteiger partial charge in [0.05, 0.1) is 19.3 Å². The van der Waals surface area contributed by atoms with Crippen LogP contribution in [0.5, 0.6) is 0 Å². The van der Waals surface area contributed by atoms with Crippen LogP contribution in [0.3, 0.4) is 0 Å². The van der Waals surface area contributed by atoms with Gasteiger partial charge in [0, 0.05) is 13.5 Å². The number of carbonyl (C=O) groups excluding carboxylic acids is 1. The first-order chi connectivity index (χ1) is 18.4. The van der Waals surface area contributed by atoms with Gasteiger partial charge < -0.3 is 14.3 Å². The number of aromatic nitrogens is 1. The van der Waals surface area contributed by atoms with Crippen molar-refractivity contribution in [3.63, 3.8) is 0 Å². The molecule has 0 bridgehead atoms. The van der Waals surface area contributed by atoms with Crippen LogP contribution in [0.25, 0.3) is 34.4 Å². The van der Waals surface area contributed by atoms with E-state index in [-0.39, 0.29) is 12.1 Å². The molecule has 1 aromatic heterocycles.